The molecule has 12 nitrogen and oxygen atoms in total. The number of fused-ring (bicyclic) bond motifs is 1. The number of hydrogen-bond donors (Lipinski definition) is 2. The van der Waals surface area contributed by atoms with Gasteiger partial charge in [0.15, 0.2) is 26.8 Å². The van der Waals surface area contributed by atoms with E-state index in [4.69, 9.17) is 24.2 Å². The second-order valence-corrected chi connectivity index (χ2v) is 11.3. The van der Waals surface area contributed by atoms with Crippen LogP contribution < -0.4 is 10.1 Å². The van der Waals surface area contributed by atoms with Gasteiger partial charge in [0.2, 0.25) is 5.88 Å². The van der Waals surface area contributed by atoms with Crippen LogP contribution >= 0.6 is 11.3 Å². The van der Waals surface area contributed by atoms with Gasteiger partial charge in [0.25, 0.3) is 5.91 Å². The molecule has 1 atom stereocenters. The summed E-state index contributed by atoms with van der Waals surface area (Å²) >= 11 is 1.14. The van der Waals surface area contributed by atoms with Gasteiger partial charge in [-0.2, -0.15) is 0 Å². The number of nitrogens with zero attached hydrogens (tertiary/aromatic N) is 3. The molecule has 3 aromatic rings. The van der Waals surface area contributed by atoms with Crippen molar-refractivity contribution >= 4 is 48.3 Å². The summed E-state index contributed by atoms with van der Waals surface area (Å²) in [7, 11) is -1.98. The molecule has 0 radical (unpaired) electrons. The Morgan fingerprint density at radius 2 is 2.03 bits per heavy atom. The van der Waals surface area contributed by atoms with E-state index in [2.05, 4.69) is 20.4 Å². The van der Waals surface area contributed by atoms with E-state index in [0.717, 1.165) is 11.3 Å². The molecule has 0 bridgehead atoms. The number of carbonyl (C=O) groups is 1. The minimum atomic E-state index is -3.50. The zero-order valence-corrected chi connectivity index (χ0v) is 22.3. The van der Waals surface area contributed by atoms with Crippen LogP contribution in [-0.2, 0) is 28.9 Å². The third-order valence-electron chi connectivity index (χ3n) is 5.44. The quantitative estimate of drug-likeness (QED) is 0.179. The van der Waals surface area contributed by atoms with Crippen LogP contribution in [0.25, 0.3) is 10.3 Å². The largest absolute Gasteiger partial charge is 0.475 e. The number of aliphatic hydroxyl groups excluding tert-OH is 1. The number of methoxy groups -OCH3 is 1. The molecule has 3 heterocycles. The summed E-state index contributed by atoms with van der Waals surface area (Å²) < 4.78 is 40.8. The van der Waals surface area contributed by atoms with Crippen LogP contribution in [-0.4, -0.2) is 87.1 Å². The summed E-state index contributed by atoms with van der Waals surface area (Å²) in [6.07, 6.45) is 0.725. The number of benzene rings is 1. The van der Waals surface area contributed by atoms with Gasteiger partial charge in [-0.15, -0.1) is 0 Å². The molecule has 2 N–H and O–H groups in total. The van der Waals surface area contributed by atoms with Crippen molar-refractivity contribution < 1.29 is 37.4 Å². The maximum Gasteiger partial charge on any atom is 0.280 e. The standard InChI is InChI=1S/C24H28N4O8S2/c1-33-11-2-14-38(31,32)18-5-3-16(4-6-18)21(28-36-17-9-12-34-15-17)22(30)27-24-25-19-7-8-20(35-13-10-29)26-23(19)37-24/h3-8,17,29H,2,9-15H2,1H3,(H,25,27,30)/t17-/m1/s1. The number of oxime groups is 1. The van der Waals surface area contributed by atoms with Crippen molar-refractivity contribution in [2.45, 2.75) is 23.8 Å². The number of carbonyl (C=O) groups excluding carboxylic acids is 1. The fraction of sp³-hybridized carbons (Fsp3) is 0.417. The van der Waals surface area contributed by atoms with Crippen LogP contribution in [0.2, 0.25) is 0 Å². The molecule has 0 aliphatic carbocycles. The number of pyridine rings is 1. The number of thiazole rings is 1. The Morgan fingerprint density at radius 1 is 1.21 bits per heavy atom. The van der Waals surface area contributed by atoms with E-state index in [1.165, 1.54) is 31.4 Å². The lowest BCUT2D eigenvalue weighted by Crippen LogP contribution is -2.25. The summed E-state index contributed by atoms with van der Waals surface area (Å²) in [5, 5.41) is 16.0. The third-order valence-corrected chi connectivity index (χ3v) is 8.13. The van der Waals surface area contributed by atoms with Gasteiger partial charge in [0.05, 0.1) is 30.5 Å². The molecular formula is C24H28N4O8S2. The molecule has 0 spiro atoms. The van der Waals surface area contributed by atoms with E-state index in [0.29, 0.717) is 54.5 Å². The monoisotopic (exact) mass is 564 g/mol. The maximum atomic E-state index is 13.3. The lowest BCUT2D eigenvalue weighted by molar-refractivity contribution is -0.110. The molecular weight excluding hydrogens is 536 g/mol. The summed E-state index contributed by atoms with van der Waals surface area (Å²) in [4.78, 5) is 28.2. The van der Waals surface area contributed by atoms with Crippen molar-refractivity contribution in [2.75, 3.05) is 51.2 Å². The number of anilines is 1. The average Bonchev–Trinajstić information content (AvgIpc) is 3.57. The van der Waals surface area contributed by atoms with E-state index >= 15 is 0 Å². The first kappa shape index (κ1) is 27.9. The molecule has 1 saturated heterocycles. The van der Waals surface area contributed by atoms with Crippen LogP contribution in [0.4, 0.5) is 5.13 Å². The maximum absolute atomic E-state index is 13.3. The number of aliphatic hydroxyl groups is 1. The number of sulfone groups is 1. The first-order chi connectivity index (χ1) is 18.4. The molecule has 4 rings (SSSR count). The predicted octanol–water partition coefficient (Wildman–Crippen LogP) is 2.02. The number of aromatic nitrogens is 2. The van der Waals surface area contributed by atoms with Crippen molar-refractivity contribution in [3.05, 3.63) is 42.0 Å². The summed E-state index contributed by atoms with van der Waals surface area (Å²) in [6.45, 7) is 1.22. The van der Waals surface area contributed by atoms with E-state index in [9.17, 15) is 13.2 Å². The van der Waals surface area contributed by atoms with Gasteiger partial charge >= 0.3 is 0 Å². The fourth-order valence-electron chi connectivity index (χ4n) is 3.52. The Balaban J connectivity index is 1.54. The Hall–Kier alpha value is -3.17. The van der Waals surface area contributed by atoms with Crippen molar-refractivity contribution in [1.82, 2.24) is 9.97 Å². The summed E-state index contributed by atoms with van der Waals surface area (Å²) in [5.41, 5.74) is 0.887. The van der Waals surface area contributed by atoms with Crippen molar-refractivity contribution in [3.8, 4) is 5.88 Å². The molecule has 38 heavy (non-hydrogen) atoms. The van der Waals surface area contributed by atoms with Gasteiger partial charge in [0.1, 0.15) is 17.0 Å². The molecule has 0 saturated carbocycles. The van der Waals surface area contributed by atoms with Crippen molar-refractivity contribution in [1.29, 1.82) is 0 Å². The Labute approximate surface area is 223 Å². The lowest BCUT2D eigenvalue weighted by Gasteiger charge is -2.10. The molecule has 1 aromatic carbocycles. The normalized spacial score (nSPS) is 16.1. The second-order valence-electron chi connectivity index (χ2n) is 8.24. The molecule has 1 fully saturated rings. The van der Waals surface area contributed by atoms with E-state index in [-0.39, 0.29) is 40.8 Å². The van der Waals surface area contributed by atoms with Gasteiger partial charge in [-0.3, -0.25) is 10.1 Å². The third kappa shape index (κ3) is 7.23. The smallest absolute Gasteiger partial charge is 0.280 e. The van der Waals surface area contributed by atoms with E-state index < -0.39 is 15.7 Å². The number of rotatable bonds is 13. The number of ether oxygens (including phenoxy) is 3. The molecule has 2 aromatic heterocycles. The molecule has 14 heteroatoms. The van der Waals surface area contributed by atoms with Crippen LogP contribution in [0.5, 0.6) is 5.88 Å². The number of amides is 1. The highest BCUT2D eigenvalue weighted by Gasteiger charge is 2.22. The predicted molar refractivity (Wildman–Crippen MR) is 140 cm³/mol. The van der Waals surface area contributed by atoms with Crippen LogP contribution in [0, 0.1) is 0 Å². The Kier molecular flexibility index (Phi) is 9.58. The van der Waals surface area contributed by atoms with Crippen LogP contribution in [0.3, 0.4) is 0 Å². The first-order valence-electron chi connectivity index (χ1n) is 11.9. The highest BCUT2D eigenvalue weighted by molar-refractivity contribution is 7.91. The van der Waals surface area contributed by atoms with E-state index in [1.807, 2.05) is 0 Å². The molecule has 1 aliphatic rings. The van der Waals surface area contributed by atoms with E-state index in [1.54, 1.807) is 12.1 Å². The summed E-state index contributed by atoms with van der Waals surface area (Å²) in [6, 6.07) is 9.23. The topological polar surface area (TPSA) is 159 Å². The van der Waals surface area contributed by atoms with Crippen LogP contribution in [0.15, 0.2) is 46.4 Å². The Bertz CT molecular complexity index is 1370. The first-order valence-corrected chi connectivity index (χ1v) is 14.3. The Morgan fingerprint density at radius 3 is 2.74 bits per heavy atom. The second kappa shape index (κ2) is 13.1. The van der Waals surface area contributed by atoms with Gasteiger partial charge in [-0.1, -0.05) is 28.6 Å². The zero-order chi connectivity index (χ0) is 27.0. The molecule has 204 valence electrons. The minimum Gasteiger partial charge on any atom is -0.475 e. The highest BCUT2D eigenvalue weighted by Crippen LogP contribution is 2.26. The highest BCUT2D eigenvalue weighted by atomic mass is 32.2. The van der Waals surface area contributed by atoms with Crippen molar-refractivity contribution in [2.24, 2.45) is 5.16 Å². The van der Waals surface area contributed by atoms with Gasteiger partial charge in [-0.25, -0.2) is 18.4 Å². The number of hydrogen-bond acceptors (Lipinski definition) is 12. The number of nitrogens with one attached hydrogen (secondary N) is 1. The summed E-state index contributed by atoms with van der Waals surface area (Å²) in [5.74, 6) is -0.305. The fourth-order valence-corrected chi connectivity index (χ4v) is 5.63. The van der Waals surface area contributed by atoms with Gasteiger partial charge in [0, 0.05) is 31.8 Å². The SMILES string of the molecule is COCCCS(=O)(=O)c1ccc(C(=NO[C@@H]2CCOC2)C(=O)Nc2nc3ccc(OCCO)nc3s2)cc1. The molecule has 1 amide bonds. The lowest BCUT2D eigenvalue weighted by atomic mass is 10.1. The van der Waals surface area contributed by atoms with Gasteiger partial charge < -0.3 is 24.2 Å². The zero-order valence-electron chi connectivity index (χ0n) is 20.7. The van der Waals surface area contributed by atoms with Gasteiger partial charge in [-0.05, 0) is 24.6 Å². The van der Waals surface area contributed by atoms with Crippen molar-refractivity contribution in [3.63, 3.8) is 0 Å². The molecule has 1 aliphatic heterocycles. The average molecular weight is 565 g/mol. The molecule has 0 unspecified atom stereocenters. The minimum absolute atomic E-state index is 0.0422. The van der Waals surface area contributed by atoms with Crippen LogP contribution in [0.1, 0.15) is 18.4 Å².